The van der Waals surface area contributed by atoms with Crippen LogP contribution in [0.3, 0.4) is 0 Å². The number of hydrazone groups is 2. The van der Waals surface area contributed by atoms with Gasteiger partial charge in [0.2, 0.25) is 0 Å². The van der Waals surface area contributed by atoms with Gasteiger partial charge in [0.1, 0.15) is 5.82 Å². The van der Waals surface area contributed by atoms with Crippen molar-refractivity contribution in [2.45, 2.75) is 13.8 Å². The third-order valence-electron chi connectivity index (χ3n) is 2.42. The molecular weight excluding hydrogens is 272 g/mol. The largest absolute Gasteiger partial charge is 0.385 e. The summed E-state index contributed by atoms with van der Waals surface area (Å²) in [6, 6.07) is 7.75. The zero-order valence-electron chi connectivity index (χ0n) is 11.5. The lowest BCUT2D eigenvalue weighted by atomic mass is 10.1. The van der Waals surface area contributed by atoms with Crippen LogP contribution in [-0.4, -0.2) is 16.5 Å². The predicted molar refractivity (Wildman–Crippen MR) is 87.2 cm³/mol. The fraction of sp³-hybridized carbons (Fsp3) is 0.154. The summed E-state index contributed by atoms with van der Waals surface area (Å²) in [7, 11) is 0. The lowest BCUT2D eigenvalue weighted by Gasteiger charge is -2.05. The molecule has 0 atom stereocenters. The molecule has 0 bridgehead atoms. The molecule has 0 aliphatic carbocycles. The van der Waals surface area contributed by atoms with Crippen molar-refractivity contribution in [1.29, 1.82) is 0 Å². The van der Waals surface area contributed by atoms with Crippen molar-refractivity contribution in [2.75, 3.05) is 0 Å². The van der Waals surface area contributed by atoms with E-state index in [2.05, 4.69) is 39.9 Å². The molecule has 6 nitrogen and oxygen atoms in total. The van der Waals surface area contributed by atoms with Crippen molar-refractivity contribution in [3.8, 4) is 0 Å². The van der Waals surface area contributed by atoms with Crippen LogP contribution in [0.5, 0.6) is 0 Å². The average Bonchev–Trinajstić information content (AvgIpc) is 2.42. The van der Waals surface area contributed by atoms with Crippen molar-refractivity contribution in [3.05, 3.63) is 47.8 Å². The van der Waals surface area contributed by atoms with Crippen LogP contribution in [0.2, 0.25) is 0 Å². The Morgan fingerprint density at radius 1 is 1.00 bits per heavy atom. The highest BCUT2D eigenvalue weighted by Gasteiger charge is 2.01. The Balaban J connectivity index is 2.83. The molecule has 0 unspecified atom stereocenters. The second kappa shape index (κ2) is 7.25. The van der Waals surface area contributed by atoms with Gasteiger partial charge in [0, 0.05) is 0 Å². The number of hydrogen-bond donors (Lipinski definition) is 4. The standard InChI is InChI=1S/C13H18N6S/c1-8(16-18-10(3)14)11-4-6-12(7-5-11)9(2)17-19-13(15)20/h4-7,18H,3,14H2,1-2H3,(H3,15,19,20)/b16-8+,17-9+. The van der Waals surface area contributed by atoms with Crippen LogP contribution in [0.15, 0.2) is 46.9 Å². The van der Waals surface area contributed by atoms with Gasteiger partial charge in [-0.25, -0.2) is 0 Å². The second-order valence-electron chi connectivity index (χ2n) is 4.08. The lowest BCUT2D eigenvalue weighted by molar-refractivity contribution is 0.875. The summed E-state index contributed by atoms with van der Waals surface area (Å²) in [4.78, 5) is 0. The zero-order valence-corrected chi connectivity index (χ0v) is 12.3. The van der Waals surface area contributed by atoms with Crippen LogP contribution in [0.4, 0.5) is 0 Å². The second-order valence-corrected chi connectivity index (χ2v) is 4.52. The summed E-state index contributed by atoms with van der Waals surface area (Å²) < 4.78 is 0. The lowest BCUT2D eigenvalue weighted by Crippen LogP contribution is -2.25. The third kappa shape index (κ3) is 5.07. The van der Waals surface area contributed by atoms with E-state index in [1.54, 1.807) is 0 Å². The number of thiocarbonyl (C=S) groups is 1. The van der Waals surface area contributed by atoms with E-state index in [0.29, 0.717) is 5.82 Å². The van der Waals surface area contributed by atoms with Gasteiger partial charge in [0.25, 0.3) is 0 Å². The minimum absolute atomic E-state index is 0.136. The van der Waals surface area contributed by atoms with Gasteiger partial charge < -0.3 is 11.5 Å². The Kier molecular flexibility index (Phi) is 5.67. The van der Waals surface area contributed by atoms with Crippen molar-refractivity contribution >= 4 is 28.8 Å². The Morgan fingerprint density at radius 2 is 1.40 bits per heavy atom. The first-order valence-corrected chi connectivity index (χ1v) is 6.26. The Bertz CT molecular complexity index is 508. The first-order valence-electron chi connectivity index (χ1n) is 5.85. The molecule has 0 radical (unpaired) electrons. The fourth-order valence-electron chi connectivity index (χ4n) is 1.38. The van der Waals surface area contributed by atoms with Gasteiger partial charge in [-0.05, 0) is 37.2 Å². The van der Waals surface area contributed by atoms with E-state index in [1.165, 1.54) is 0 Å². The number of nitrogens with two attached hydrogens (primary N) is 2. The molecule has 0 heterocycles. The van der Waals surface area contributed by atoms with Crippen LogP contribution in [-0.2, 0) is 0 Å². The van der Waals surface area contributed by atoms with E-state index in [1.807, 2.05) is 38.1 Å². The van der Waals surface area contributed by atoms with Gasteiger partial charge in [-0.15, -0.1) is 0 Å². The minimum Gasteiger partial charge on any atom is -0.385 e. The molecule has 1 aromatic rings. The Labute approximate surface area is 123 Å². The van der Waals surface area contributed by atoms with E-state index in [9.17, 15) is 0 Å². The highest BCUT2D eigenvalue weighted by Crippen LogP contribution is 2.07. The molecule has 0 amide bonds. The highest BCUT2D eigenvalue weighted by atomic mass is 32.1. The molecule has 0 saturated carbocycles. The number of nitrogens with zero attached hydrogens (tertiary/aromatic N) is 2. The van der Waals surface area contributed by atoms with E-state index >= 15 is 0 Å². The SMILES string of the molecule is C=C(N)N/N=C(\C)c1ccc(/C(C)=N/NC(N)=S)cc1. The molecule has 20 heavy (non-hydrogen) atoms. The Morgan fingerprint density at radius 3 is 1.75 bits per heavy atom. The summed E-state index contributed by atoms with van der Waals surface area (Å²) in [6.07, 6.45) is 0. The first kappa shape index (κ1) is 15.6. The molecule has 1 rings (SSSR count). The third-order valence-corrected chi connectivity index (χ3v) is 2.51. The predicted octanol–water partition coefficient (Wildman–Crippen LogP) is 0.987. The number of hydrogen-bond acceptors (Lipinski definition) is 5. The van der Waals surface area contributed by atoms with E-state index in [4.69, 9.17) is 11.5 Å². The molecule has 1 aromatic carbocycles. The minimum atomic E-state index is 0.136. The van der Waals surface area contributed by atoms with Gasteiger partial charge >= 0.3 is 0 Å². The molecule has 0 aliphatic heterocycles. The number of nitrogens with one attached hydrogen (secondary N) is 2. The van der Waals surface area contributed by atoms with Gasteiger partial charge in [-0.1, -0.05) is 30.8 Å². The molecule has 106 valence electrons. The van der Waals surface area contributed by atoms with Gasteiger partial charge in [0.15, 0.2) is 5.11 Å². The topological polar surface area (TPSA) is 101 Å². The molecular formula is C13H18N6S. The maximum Gasteiger partial charge on any atom is 0.184 e. The summed E-state index contributed by atoms with van der Waals surface area (Å²) >= 11 is 4.69. The van der Waals surface area contributed by atoms with E-state index in [-0.39, 0.29) is 5.11 Å². The zero-order chi connectivity index (χ0) is 15.1. The monoisotopic (exact) mass is 290 g/mol. The molecule has 7 heteroatoms. The summed E-state index contributed by atoms with van der Waals surface area (Å²) in [5.41, 5.74) is 19.4. The molecule has 0 aliphatic rings. The quantitative estimate of drug-likeness (QED) is 0.368. The van der Waals surface area contributed by atoms with Gasteiger partial charge in [-0.2, -0.15) is 10.2 Å². The molecule has 0 aromatic heterocycles. The van der Waals surface area contributed by atoms with Gasteiger partial charge in [0.05, 0.1) is 11.4 Å². The first-order chi connectivity index (χ1) is 9.40. The van der Waals surface area contributed by atoms with Crippen molar-refractivity contribution in [2.24, 2.45) is 21.7 Å². The fourth-order valence-corrected chi connectivity index (χ4v) is 1.42. The maximum atomic E-state index is 5.38. The summed E-state index contributed by atoms with van der Waals surface area (Å²) in [6.45, 7) is 7.25. The average molecular weight is 290 g/mol. The number of benzene rings is 1. The van der Waals surface area contributed by atoms with Crippen LogP contribution >= 0.6 is 12.2 Å². The Hall–Kier alpha value is -2.41. The molecule has 0 saturated heterocycles. The summed E-state index contributed by atoms with van der Waals surface area (Å²) in [5.74, 6) is 0.299. The maximum absolute atomic E-state index is 5.38. The van der Waals surface area contributed by atoms with Gasteiger partial charge in [-0.3, -0.25) is 10.9 Å². The molecule has 0 fully saturated rings. The van der Waals surface area contributed by atoms with Crippen LogP contribution in [0.25, 0.3) is 0 Å². The van der Waals surface area contributed by atoms with Crippen molar-refractivity contribution in [3.63, 3.8) is 0 Å². The number of rotatable bonds is 5. The van der Waals surface area contributed by atoms with Crippen LogP contribution in [0, 0.1) is 0 Å². The van der Waals surface area contributed by atoms with Crippen molar-refractivity contribution in [1.82, 2.24) is 10.9 Å². The normalized spacial score (nSPS) is 11.9. The molecule has 0 spiro atoms. The van der Waals surface area contributed by atoms with E-state index < -0.39 is 0 Å². The van der Waals surface area contributed by atoms with Crippen LogP contribution < -0.4 is 22.3 Å². The van der Waals surface area contributed by atoms with E-state index in [0.717, 1.165) is 22.6 Å². The van der Waals surface area contributed by atoms with Crippen LogP contribution in [0.1, 0.15) is 25.0 Å². The molecule has 6 N–H and O–H groups in total. The highest BCUT2D eigenvalue weighted by molar-refractivity contribution is 7.80. The summed E-state index contributed by atoms with van der Waals surface area (Å²) in [5, 5.41) is 8.29. The van der Waals surface area contributed by atoms with Crippen molar-refractivity contribution < 1.29 is 0 Å². The smallest absolute Gasteiger partial charge is 0.184 e.